The van der Waals surface area contributed by atoms with Crippen LogP contribution in [-0.4, -0.2) is 47.3 Å². The second-order valence-corrected chi connectivity index (χ2v) is 5.32. The van der Waals surface area contributed by atoms with Gasteiger partial charge in [-0.2, -0.15) is 0 Å². The van der Waals surface area contributed by atoms with Crippen molar-refractivity contribution in [2.24, 2.45) is 5.92 Å². The number of nitrogens with zero attached hydrogens (tertiary/aromatic N) is 1. The molecule has 1 amide bonds. The minimum atomic E-state index is -2.91. The fourth-order valence-corrected chi connectivity index (χ4v) is 1.57. The Hall–Kier alpha value is -0.910. The van der Waals surface area contributed by atoms with E-state index in [0.29, 0.717) is 0 Å². The number of amides is 1. The third kappa shape index (κ3) is 3.80. The third-order valence-electron chi connectivity index (χ3n) is 2.58. The molecular weight excluding hydrogens is 232 g/mol. The lowest BCUT2D eigenvalue weighted by Gasteiger charge is -2.43. The molecule has 1 N–H and O–H groups in total. The molecule has 4 nitrogen and oxygen atoms in total. The van der Waals surface area contributed by atoms with Crippen molar-refractivity contribution in [1.82, 2.24) is 4.90 Å². The highest BCUT2D eigenvalue weighted by Crippen LogP contribution is 2.35. The summed E-state index contributed by atoms with van der Waals surface area (Å²) in [6.45, 7) is 4.60. The molecule has 6 heteroatoms. The number of alkyl halides is 2. The van der Waals surface area contributed by atoms with Crippen molar-refractivity contribution in [1.29, 1.82) is 0 Å². The van der Waals surface area contributed by atoms with Gasteiger partial charge in [-0.3, -0.25) is 0 Å². The molecule has 1 aliphatic rings. The van der Waals surface area contributed by atoms with Crippen LogP contribution in [0.1, 0.15) is 27.2 Å². The van der Waals surface area contributed by atoms with Crippen LogP contribution in [0.3, 0.4) is 0 Å². The van der Waals surface area contributed by atoms with E-state index < -0.39 is 36.6 Å². The van der Waals surface area contributed by atoms with Gasteiger partial charge in [0.1, 0.15) is 5.60 Å². The molecule has 0 bridgehead atoms. The first-order chi connectivity index (χ1) is 7.65. The quantitative estimate of drug-likeness (QED) is 0.833. The Morgan fingerprint density at radius 1 is 1.41 bits per heavy atom. The number of rotatable bonds is 3. The van der Waals surface area contributed by atoms with Gasteiger partial charge in [-0.1, -0.05) is 0 Å². The lowest BCUT2D eigenvalue weighted by Crippen LogP contribution is -2.57. The molecule has 0 spiro atoms. The van der Waals surface area contributed by atoms with Crippen molar-refractivity contribution in [3.8, 4) is 0 Å². The fourth-order valence-electron chi connectivity index (χ4n) is 1.57. The largest absolute Gasteiger partial charge is 0.444 e. The second kappa shape index (κ2) is 4.76. The minimum absolute atomic E-state index is 0.0120. The topological polar surface area (TPSA) is 49.8 Å². The van der Waals surface area contributed by atoms with Crippen molar-refractivity contribution < 1.29 is 23.4 Å². The Balaban J connectivity index is 2.39. The van der Waals surface area contributed by atoms with E-state index in [1.807, 2.05) is 0 Å². The summed E-state index contributed by atoms with van der Waals surface area (Å²) in [5, 5.41) is 8.51. The first-order valence-corrected chi connectivity index (χ1v) is 5.62. The molecule has 1 aliphatic heterocycles. The molecule has 0 radical (unpaired) electrons. The average Bonchev–Trinajstić information content (AvgIpc) is 1.94. The summed E-state index contributed by atoms with van der Waals surface area (Å²) in [7, 11) is 0. The standard InChI is InChI=1S/C11H19F2NO3/c1-10(2,3)17-9(16)14-6-8(7-14)11(12,13)4-5-15/h8,15H,4-7H2,1-3H3. The van der Waals surface area contributed by atoms with E-state index in [1.54, 1.807) is 20.8 Å². The molecule has 1 fully saturated rings. The van der Waals surface area contributed by atoms with Gasteiger partial charge in [0.2, 0.25) is 0 Å². The first kappa shape index (κ1) is 14.2. The van der Waals surface area contributed by atoms with E-state index in [1.165, 1.54) is 4.90 Å². The molecule has 0 atom stereocenters. The normalized spacial score (nSPS) is 17.9. The summed E-state index contributed by atoms with van der Waals surface area (Å²) in [6, 6.07) is 0. The number of aliphatic hydroxyl groups excluding tert-OH is 1. The van der Waals surface area contributed by atoms with Crippen molar-refractivity contribution >= 4 is 6.09 Å². The summed E-state index contributed by atoms with van der Waals surface area (Å²) < 4.78 is 31.7. The van der Waals surface area contributed by atoms with Crippen LogP contribution in [0, 0.1) is 5.92 Å². The van der Waals surface area contributed by atoms with E-state index in [4.69, 9.17) is 9.84 Å². The molecule has 0 aliphatic carbocycles. The number of hydrogen-bond donors (Lipinski definition) is 1. The van der Waals surface area contributed by atoms with Crippen LogP contribution in [0.15, 0.2) is 0 Å². The SMILES string of the molecule is CC(C)(C)OC(=O)N1CC(C(F)(F)CCO)C1. The van der Waals surface area contributed by atoms with Gasteiger partial charge in [-0.25, -0.2) is 13.6 Å². The zero-order chi connectivity index (χ0) is 13.3. The number of hydrogen-bond acceptors (Lipinski definition) is 3. The van der Waals surface area contributed by atoms with E-state index in [0.717, 1.165) is 0 Å². The molecule has 17 heavy (non-hydrogen) atoms. The van der Waals surface area contributed by atoms with Crippen LogP contribution in [0.25, 0.3) is 0 Å². The van der Waals surface area contributed by atoms with Crippen LogP contribution in [0.2, 0.25) is 0 Å². The first-order valence-electron chi connectivity index (χ1n) is 5.62. The van der Waals surface area contributed by atoms with Gasteiger partial charge >= 0.3 is 6.09 Å². The molecule has 0 unspecified atom stereocenters. The van der Waals surface area contributed by atoms with Crippen molar-refractivity contribution in [2.75, 3.05) is 19.7 Å². The van der Waals surface area contributed by atoms with E-state index >= 15 is 0 Å². The monoisotopic (exact) mass is 251 g/mol. The number of carbonyl (C=O) groups is 1. The van der Waals surface area contributed by atoms with Gasteiger partial charge in [0, 0.05) is 26.1 Å². The lowest BCUT2D eigenvalue weighted by molar-refractivity contribution is -0.125. The molecule has 100 valence electrons. The molecular formula is C11H19F2NO3. The van der Waals surface area contributed by atoms with Crippen molar-refractivity contribution in [3.63, 3.8) is 0 Å². The molecule has 1 heterocycles. The van der Waals surface area contributed by atoms with Gasteiger partial charge in [-0.15, -0.1) is 0 Å². The van der Waals surface area contributed by atoms with E-state index in [9.17, 15) is 13.6 Å². The molecule has 0 aromatic heterocycles. The zero-order valence-electron chi connectivity index (χ0n) is 10.4. The van der Waals surface area contributed by atoms with Crippen LogP contribution < -0.4 is 0 Å². The Bertz CT molecular complexity index is 283. The zero-order valence-corrected chi connectivity index (χ0v) is 10.4. The molecule has 1 rings (SSSR count). The number of halogens is 2. The van der Waals surface area contributed by atoms with Crippen molar-refractivity contribution in [3.05, 3.63) is 0 Å². The Labute approximate surface area is 99.5 Å². The van der Waals surface area contributed by atoms with Gasteiger partial charge < -0.3 is 14.7 Å². The second-order valence-electron chi connectivity index (χ2n) is 5.32. The van der Waals surface area contributed by atoms with Gasteiger partial charge in [0.05, 0.1) is 5.92 Å². The number of ether oxygens (including phenoxy) is 1. The Morgan fingerprint density at radius 2 is 1.94 bits per heavy atom. The van der Waals surface area contributed by atoms with Crippen LogP contribution >= 0.6 is 0 Å². The van der Waals surface area contributed by atoms with Crippen molar-refractivity contribution in [2.45, 2.75) is 38.7 Å². The number of carbonyl (C=O) groups excluding carboxylic acids is 1. The maximum atomic E-state index is 13.3. The third-order valence-corrected chi connectivity index (χ3v) is 2.58. The van der Waals surface area contributed by atoms with Crippen LogP contribution in [0.4, 0.5) is 13.6 Å². The smallest absolute Gasteiger partial charge is 0.410 e. The summed E-state index contributed by atoms with van der Waals surface area (Å²) in [5.41, 5.74) is -0.615. The summed E-state index contributed by atoms with van der Waals surface area (Å²) in [6.07, 6.45) is -1.12. The summed E-state index contributed by atoms with van der Waals surface area (Å²) >= 11 is 0. The van der Waals surface area contributed by atoms with E-state index in [2.05, 4.69) is 0 Å². The predicted octanol–water partition coefficient (Wildman–Crippen LogP) is 1.87. The molecule has 0 aromatic rings. The van der Waals surface area contributed by atoms with E-state index in [-0.39, 0.29) is 13.1 Å². The highest BCUT2D eigenvalue weighted by atomic mass is 19.3. The van der Waals surface area contributed by atoms with Gasteiger partial charge in [0.15, 0.2) is 0 Å². The van der Waals surface area contributed by atoms with Crippen LogP contribution in [-0.2, 0) is 4.74 Å². The summed E-state index contributed by atoms with van der Waals surface area (Å²) in [4.78, 5) is 12.7. The molecule has 1 saturated heterocycles. The molecule has 0 saturated carbocycles. The summed E-state index contributed by atoms with van der Waals surface area (Å²) in [5.74, 6) is -3.78. The van der Waals surface area contributed by atoms with Gasteiger partial charge in [-0.05, 0) is 20.8 Å². The Kier molecular flexibility index (Phi) is 3.96. The molecule has 0 aromatic carbocycles. The maximum Gasteiger partial charge on any atom is 0.410 e. The number of likely N-dealkylation sites (tertiary alicyclic amines) is 1. The highest BCUT2D eigenvalue weighted by Gasteiger charge is 2.48. The fraction of sp³-hybridized carbons (Fsp3) is 0.909. The highest BCUT2D eigenvalue weighted by molar-refractivity contribution is 5.69. The minimum Gasteiger partial charge on any atom is -0.444 e. The number of aliphatic hydroxyl groups is 1. The maximum absolute atomic E-state index is 13.3. The van der Waals surface area contributed by atoms with Crippen LogP contribution in [0.5, 0.6) is 0 Å². The average molecular weight is 251 g/mol. The Morgan fingerprint density at radius 3 is 2.35 bits per heavy atom. The lowest BCUT2D eigenvalue weighted by atomic mass is 9.91. The predicted molar refractivity (Wildman–Crippen MR) is 57.9 cm³/mol. The van der Waals surface area contributed by atoms with Gasteiger partial charge in [0.25, 0.3) is 5.92 Å².